The Morgan fingerprint density at radius 2 is 1.78 bits per heavy atom. The van der Waals surface area contributed by atoms with Crippen molar-refractivity contribution >= 4 is 11.6 Å². The van der Waals surface area contributed by atoms with Gasteiger partial charge in [0, 0.05) is 37.1 Å². The second-order valence-electron chi connectivity index (χ2n) is 6.01. The molecule has 0 unspecified atom stereocenters. The van der Waals surface area contributed by atoms with Gasteiger partial charge in [-0.2, -0.15) is 0 Å². The average molecular weight is 359 g/mol. The van der Waals surface area contributed by atoms with Crippen molar-refractivity contribution in [2.45, 2.75) is 6.42 Å². The van der Waals surface area contributed by atoms with Crippen molar-refractivity contribution in [3.63, 3.8) is 0 Å². The molecule has 0 radical (unpaired) electrons. The number of aromatic nitrogens is 4. The van der Waals surface area contributed by atoms with Gasteiger partial charge in [0.2, 0.25) is 0 Å². The molecule has 0 aliphatic rings. The highest BCUT2D eigenvalue weighted by Crippen LogP contribution is 2.06. The third-order valence-corrected chi connectivity index (χ3v) is 4.23. The van der Waals surface area contributed by atoms with Crippen molar-refractivity contribution in [1.82, 2.24) is 24.5 Å². The van der Waals surface area contributed by atoms with Crippen molar-refractivity contribution in [3.8, 4) is 5.69 Å². The molecule has 0 bridgehead atoms. The fourth-order valence-electron chi connectivity index (χ4n) is 2.86. The quantitative estimate of drug-likeness (QED) is 0.590. The van der Waals surface area contributed by atoms with E-state index in [4.69, 9.17) is 0 Å². The van der Waals surface area contributed by atoms with E-state index in [2.05, 4.69) is 15.5 Å². The maximum absolute atomic E-state index is 12.5. The molecule has 0 saturated heterocycles. The van der Waals surface area contributed by atoms with E-state index >= 15 is 0 Å². The smallest absolute Gasteiger partial charge is 0.255 e. The molecule has 0 atom stereocenters. The number of amides is 1. The lowest BCUT2D eigenvalue weighted by Gasteiger charge is -2.09. The summed E-state index contributed by atoms with van der Waals surface area (Å²) in [4.78, 5) is 24.6. The molecule has 3 aromatic heterocycles. The van der Waals surface area contributed by atoms with E-state index in [1.165, 1.54) is 16.7 Å². The summed E-state index contributed by atoms with van der Waals surface area (Å²) in [6.45, 7) is 0.416. The van der Waals surface area contributed by atoms with E-state index in [0.29, 0.717) is 24.2 Å². The average Bonchev–Trinajstić information content (AvgIpc) is 3.12. The molecule has 1 aromatic carbocycles. The predicted molar refractivity (Wildman–Crippen MR) is 101 cm³/mol. The molecule has 0 aliphatic heterocycles. The fourth-order valence-corrected chi connectivity index (χ4v) is 2.86. The van der Waals surface area contributed by atoms with Crippen LogP contribution in [0.1, 0.15) is 16.2 Å². The van der Waals surface area contributed by atoms with Crippen LogP contribution in [-0.4, -0.2) is 31.6 Å². The van der Waals surface area contributed by atoms with Crippen molar-refractivity contribution in [2.24, 2.45) is 0 Å². The van der Waals surface area contributed by atoms with E-state index in [9.17, 15) is 9.59 Å². The predicted octanol–water partition coefficient (Wildman–Crippen LogP) is 1.85. The first kappa shape index (κ1) is 16.7. The minimum Gasteiger partial charge on any atom is -0.352 e. The van der Waals surface area contributed by atoms with E-state index in [-0.39, 0.29) is 11.5 Å². The maximum atomic E-state index is 12.5. The largest absolute Gasteiger partial charge is 0.352 e. The van der Waals surface area contributed by atoms with Gasteiger partial charge in [-0.05, 0) is 30.3 Å². The first-order chi connectivity index (χ1) is 13.2. The summed E-state index contributed by atoms with van der Waals surface area (Å²) >= 11 is 0. The summed E-state index contributed by atoms with van der Waals surface area (Å²) in [5.74, 6) is 0.536. The van der Waals surface area contributed by atoms with Gasteiger partial charge in [0.05, 0.1) is 5.56 Å². The summed E-state index contributed by atoms with van der Waals surface area (Å²) in [7, 11) is 0. The Balaban J connectivity index is 1.46. The number of para-hydroxylation sites is 1. The van der Waals surface area contributed by atoms with Gasteiger partial charge in [0.15, 0.2) is 5.65 Å². The molecule has 0 aliphatic carbocycles. The molecular formula is C20H17N5O2. The zero-order valence-electron chi connectivity index (χ0n) is 14.4. The van der Waals surface area contributed by atoms with Crippen LogP contribution in [0.15, 0.2) is 77.9 Å². The van der Waals surface area contributed by atoms with Crippen LogP contribution >= 0.6 is 0 Å². The van der Waals surface area contributed by atoms with Crippen LogP contribution in [0.25, 0.3) is 11.3 Å². The monoisotopic (exact) mass is 359 g/mol. The molecule has 3 heterocycles. The molecule has 7 heteroatoms. The molecule has 4 aromatic rings. The number of pyridine rings is 2. The first-order valence-corrected chi connectivity index (χ1v) is 8.57. The number of nitrogens with one attached hydrogen (secondary N) is 1. The Labute approximate surface area is 154 Å². The topological polar surface area (TPSA) is 81.3 Å². The number of hydrogen-bond acceptors (Lipinski definition) is 4. The third kappa shape index (κ3) is 3.48. The second-order valence-corrected chi connectivity index (χ2v) is 6.01. The summed E-state index contributed by atoms with van der Waals surface area (Å²) in [5.41, 5.74) is 1.72. The van der Waals surface area contributed by atoms with Gasteiger partial charge >= 0.3 is 0 Å². The summed E-state index contributed by atoms with van der Waals surface area (Å²) in [5, 5.41) is 11.1. The Morgan fingerprint density at radius 3 is 2.63 bits per heavy atom. The lowest BCUT2D eigenvalue weighted by molar-refractivity contribution is 0.0953. The van der Waals surface area contributed by atoms with Crippen LogP contribution in [-0.2, 0) is 6.42 Å². The number of hydrogen-bond donors (Lipinski definition) is 1. The molecule has 0 spiro atoms. The van der Waals surface area contributed by atoms with Gasteiger partial charge in [-0.3, -0.25) is 18.6 Å². The minimum atomic E-state index is -0.242. The molecule has 0 saturated carbocycles. The number of carbonyl (C=O) groups excluding carboxylic acids is 1. The number of rotatable bonds is 5. The lowest BCUT2D eigenvalue weighted by Crippen LogP contribution is -2.28. The highest BCUT2D eigenvalue weighted by molar-refractivity contribution is 5.93. The van der Waals surface area contributed by atoms with E-state index in [1.54, 1.807) is 6.20 Å². The van der Waals surface area contributed by atoms with Crippen LogP contribution in [0.4, 0.5) is 0 Å². The Kier molecular flexibility index (Phi) is 4.49. The van der Waals surface area contributed by atoms with Crippen LogP contribution < -0.4 is 10.9 Å². The van der Waals surface area contributed by atoms with Crippen LogP contribution in [0.3, 0.4) is 0 Å². The molecular weight excluding hydrogens is 342 g/mol. The number of carbonyl (C=O) groups is 1. The van der Waals surface area contributed by atoms with Gasteiger partial charge in [-0.15, -0.1) is 10.2 Å². The zero-order chi connectivity index (χ0) is 18.6. The van der Waals surface area contributed by atoms with E-state index in [0.717, 1.165) is 11.5 Å². The van der Waals surface area contributed by atoms with Crippen molar-refractivity contribution < 1.29 is 4.79 Å². The van der Waals surface area contributed by atoms with Crippen molar-refractivity contribution in [2.75, 3.05) is 6.54 Å². The SMILES string of the molecule is O=C(NCCc1nnc2ccccn12)c1ccc(=O)n(-c2ccccc2)c1. The standard InChI is InChI=1S/C20H17N5O2/c26-19-10-9-15(14-25(19)16-6-2-1-3-7-16)20(27)21-12-11-18-23-22-17-8-4-5-13-24(17)18/h1-10,13-14H,11-12H2,(H,21,27). The molecule has 1 N–H and O–H groups in total. The van der Waals surface area contributed by atoms with E-state index < -0.39 is 0 Å². The molecule has 0 fully saturated rings. The second kappa shape index (κ2) is 7.25. The zero-order valence-corrected chi connectivity index (χ0v) is 14.4. The molecule has 7 nitrogen and oxygen atoms in total. The van der Waals surface area contributed by atoms with Gasteiger partial charge in [-0.25, -0.2) is 0 Å². The highest BCUT2D eigenvalue weighted by Gasteiger charge is 2.10. The normalized spacial score (nSPS) is 10.8. The Bertz CT molecular complexity index is 1150. The summed E-state index contributed by atoms with van der Waals surface area (Å²) in [6.07, 6.45) is 4.00. The number of fused-ring (bicyclic) bond motifs is 1. The summed E-state index contributed by atoms with van der Waals surface area (Å²) in [6, 6.07) is 17.8. The van der Waals surface area contributed by atoms with Gasteiger partial charge in [0.1, 0.15) is 5.82 Å². The number of benzene rings is 1. The Hall–Kier alpha value is -3.74. The lowest BCUT2D eigenvalue weighted by atomic mass is 10.2. The van der Waals surface area contributed by atoms with Crippen LogP contribution in [0, 0.1) is 0 Å². The van der Waals surface area contributed by atoms with Crippen molar-refractivity contribution in [1.29, 1.82) is 0 Å². The van der Waals surface area contributed by atoms with E-state index in [1.807, 2.05) is 59.1 Å². The van der Waals surface area contributed by atoms with Gasteiger partial charge in [-0.1, -0.05) is 24.3 Å². The first-order valence-electron chi connectivity index (χ1n) is 8.57. The van der Waals surface area contributed by atoms with Crippen LogP contribution in [0.5, 0.6) is 0 Å². The van der Waals surface area contributed by atoms with Crippen LogP contribution in [0.2, 0.25) is 0 Å². The molecule has 134 valence electrons. The molecule has 1 amide bonds. The Morgan fingerprint density at radius 1 is 0.963 bits per heavy atom. The van der Waals surface area contributed by atoms with Crippen molar-refractivity contribution in [3.05, 3.63) is 94.8 Å². The van der Waals surface area contributed by atoms with Gasteiger partial charge in [0.25, 0.3) is 11.5 Å². The maximum Gasteiger partial charge on any atom is 0.255 e. The molecule has 27 heavy (non-hydrogen) atoms. The van der Waals surface area contributed by atoms with Gasteiger partial charge < -0.3 is 5.32 Å². The minimum absolute atomic E-state index is 0.187. The fraction of sp³-hybridized carbons (Fsp3) is 0.100. The molecule has 4 rings (SSSR count). The third-order valence-electron chi connectivity index (χ3n) is 4.23. The highest BCUT2D eigenvalue weighted by atomic mass is 16.2. The summed E-state index contributed by atoms with van der Waals surface area (Å²) < 4.78 is 3.35. The number of nitrogens with zero attached hydrogens (tertiary/aromatic N) is 4.